The Morgan fingerprint density at radius 1 is 1.20 bits per heavy atom. The highest BCUT2D eigenvalue weighted by molar-refractivity contribution is 9.10. The van der Waals surface area contributed by atoms with Crippen molar-refractivity contribution in [2.45, 2.75) is 0 Å². The Kier molecular flexibility index (Phi) is 2.77. The Labute approximate surface area is 96.2 Å². The first-order valence-electron chi connectivity index (χ1n) is 4.42. The predicted octanol–water partition coefficient (Wildman–Crippen LogP) is 3.01. The molecule has 1 aromatic carbocycles. The Morgan fingerprint density at radius 2 is 2.00 bits per heavy atom. The lowest BCUT2D eigenvalue weighted by Gasteiger charge is -2.10. The number of rotatable bonds is 2. The monoisotopic (exact) mass is 267 g/mol. The fourth-order valence-corrected chi connectivity index (χ4v) is 1.83. The molecule has 0 fully saturated rings. The van der Waals surface area contributed by atoms with Gasteiger partial charge in [0.25, 0.3) is 0 Å². The van der Waals surface area contributed by atoms with Gasteiger partial charge in [-0.05, 0) is 34.1 Å². The molecule has 0 radical (unpaired) electrons. The van der Waals surface area contributed by atoms with Crippen molar-refractivity contribution in [1.29, 1.82) is 0 Å². The second kappa shape index (κ2) is 4.06. The number of hydrogen-bond acceptors (Lipinski definition) is 3. The zero-order valence-electron chi connectivity index (χ0n) is 8.45. The molecule has 1 heterocycles. The van der Waals surface area contributed by atoms with Crippen LogP contribution in [0.25, 0.3) is 10.9 Å². The lowest BCUT2D eigenvalue weighted by molar-refractivity contribution is 0.358. The largest absolute Gasteiger partial charge is 0.493 e. The van der Waals surface area contributed by atoms with Gasteiger partial charge in [-0.15, -0.1) is 0 Å². The predicted molar refractivity (Wildman–Crippen MR) is 62.5 cm³/mol. The molecule has 15 heavy (non-hydrogen) atoms. The Balaban J connectivity index is 2.79. The highest BCUT2D eigenvalue weighted by Crippen LogP contribution is 2.35. The van der Waals surface area contributed by atoms with Crippen molar-refractivity contribution < 1.29 is 9.47 Å². The quantitative estimate of drug-likeness (QED) is 0.838. The molecule has 0 aliphatic heterocycles. The van der Waals surface area contributed by atoms with Gasteiger partial charge in [-0.2, -0.15) is 0 Å². The summed E-state index contributed by atoms with van der Waals surface area (Å²) in [5, 5.41) is 0.936. The molecular weight excluding hydrogens is 258 g/mol. The van der Waals surface area contributed by atoms with Crippen LogP contribution in [0.2, 0.25) is 0 Å². The van der Waals surface area contributed by atoms with E-state index in [1.54, 1.807) is 20.4 Å². The molecule has 0 aliphatic rings. The molecule has 0 unspecified atom stereocenters. The fourth-order valence-electron chi connectivity index (χ4n) is 1.50. The van der Waals surface area contributed by atoms with Crippen LogP contribution in [-0.2, 0) is 0 Å². The van der Waals surface area contributed by atoms with Gasteiger partial charge in [0.2, 0.25) is 0 Å². The average molecular weight is 268 g/mol. The van der Waals surface area contributed by atoms with Crippen LogP contribution in [0, 0.1) is 0 Å². The minimum absolute atomic E-state index is 0.712. The van der Waals surface area contributed by atoms with E-state index in [4.69, 9.17) is 9.47 Å². The SMILES string of the molecule is COc1ccc2ncc(Br)cc2c1OC. The molecule has 4 heteroatoms. The summed E-state index contributed by atoms with van der Waals surface area (Å²) >= 11 is 3.38. The molecule has 2 aromatic rings. The van der Waals surface area contributed by atoms with E-state index in [2.05, 4.69) is 20.9 Å². The van der Waals surface area contributed by atoms with Crippen LogP contribution >= 0.6 is 15.9 Å². The summed E-state index contributed by atoms with van der Waals surface area (Å²) in [5.74, 6) is 1.42. The second-order valence-electron chi connectivity index (χ2n) is 3.02. The zero-order valence-corrected chi connectivity index (χ0v) is 10.0. The molecule has 0 saturated heterocycles. The topological polar surface area (TPSA) is 31.4 Å². The minimum Gasteiger partial charge on any atom is -0.493 e. The van der Waals surface area contributed by atoms with E-state index >= 15 is 0 Å². The zero-order chi connectivity index (χ0) is 10.8. The molecule has 0 N–H and O–H groups in total. The number of aromatic nitrogens is 1. The second-order valence-corrected chi connectivity index (χ2v) is 3.94. The maximum absolute atomic E-state index is 5.32. The third-order valence-electron chi connectivity index (χ3n) is 2.17. The Bertz CT molecular complexity index is 499. The van der Waals surface area contributed by atoms with Gasteiger partial charge >= 0.3 is 0 Å². The van der Waals surface area contributed by atoms with Crippen molar-refractivity contribution in [3.63, 3.8) is 0 Å². The summed E-state index contributed by atoms with van der Waals surface area (Å²) in [6.07, 6.45) is 1.76. The minimum atomic E-state index is 0.712. The molecule has 3 nitrogen and oxygen atoms in total. The molecule has 0 bridgehead atoms. The van der Waals surface area contributed by atoms with E-state index in [1.807, 2.05) is 18.2 Å². The molecule has 1 aromatic heterocycles. The van der Waals surface area contributed by atoms with Crippen LogP contribution in [0.5, 0.6) is 11.5 Å². The van der Waals surface area contributed by atoms with Crippen LogP contribution in [0.15, 0.2) is 28.9 Å². The number of benzene rings is 1. The van der Waals surface area contributed by atoms with Crippen molar-refractivity contribution in [3.8, 4) is 11.5 Å². The molecule has 78 valence electrons. The molecule has 2 rings (SSSR count). The molecule has 0 aliphatic carbocycles. The standard InChI is InChI=1S/C11H10BrNO2/c1-14-10-4-3-9-8(11(10)15-2)5-7(12)6-13-9/h3-6H,1-2H3. The molecule has 0 amide bonds. The van der Waals surface area contributed by atoms with Crippen molar-refractivity contribution >= 4 is 26.8 Å². The van der Waals surface area contributed by atoms with Crippen LogP contribution in [-0.4, -0.2) is 19.2 Å². The van der Waals surface area contributed by atoms with E-state index in [9.17, 15) is 0 Å². The van der Waals surface area contributed by atoms with Gasteiger partial charge in [-0.1, -0.05) is 0 Å². The van der Waals surface area contributed by atoms with Crippen LogP contribution in [0.1, 0.15) is 0 Å². The van der Waals surface area contributed by atoms with Crippen molar-refractivity contribution in [1.82, 2.24) is 4.98 Å². The Morgan fingerprint density at radius 3 is 2.67 bits per heavy atom. The van der Waals surface area contributed by atoms with Crippen LogP contribution in [0.3, 0.4) is 0 Å². The number of fused-ring (bicyclic) bond motifs is 1. The van der Waals surface area contributed by atoms with Gasteiger partial charge in [0.15, 0.2) is 11.5 Å². The van der Waals surface area contributed by atoms with E-state index < -0.39 is 0 Å². The first-order chi connectivity index (χ1) is 7.26. The van der Waals surface area contributed by atoms with Crippen LogP contribution in [0.4, 0.5) is 0 Å². The van der Waals surface area contributed by atoms with Gasteiger partial charge in [-0.3, -0.25) is 4.98 Å². The van der Waals surface area contributed by atoms with Crippen molar-refractivity contribution in [3.05, 3.63) is 28.9 Å². The lowest BCUT2D eigenvalue weighted by Crippen LogP contribution is -1.92. The highest BCUT2D eigenvalue weighted by atomic mass is 79.9. The molecule has 0 spiro atoms. The summed E-state index contributed by atoms with van der Waals surface area (Å²) in [4.78, 5) is 4.28. The summed E-state index contributed by atoms with van der Waals surface area (Å²) in [5.41, 5.74) is 0.885. The maximum Gasteiger partial charge on any atom is 0.170 e. The number of nitrogens with zero attached hydrogens (tertiary/aromatic N) is 1. The first-order valence-corrected chi connectivity index (χ1v) is 5.22. The fraction of sp³-hybridized carbons (Fsp3) is 0.182. The highest BCUT2D eigenvalue weighted by Gasteiger charge is 2.09. The van der Waals surface area contributed by atoms with Gasteiger partial charge in [0.1, 0.15) is 0 Å². The number of methoxy groups -OCH3 is 2. The van der Waals surface area contributed by atoms with Gasteiger partial charge in [0.05, 0.1) is 19.7 Å². The number of halogens is 1. The third kappa shape index (κ3) is 1.77. The van der Waals surface area contributed by atoms with E-state index in [1.165, 1.54) is 0 Å². The lowest BCUT2D eigenvalue weighted by atomic mass is 10.2. The Hall–Kier alpha value is -1.29. The number of hydrogen-bond donors (Lipinski definition) is 0. The smallest absolute Gasteiger partial charge is 0.170 e. The van der Waals surface area contributed by atoms with Gasteiger partial charge < -0.3 is 9.47 Å². The van der Waals surface area contributed by atoms with E-state index in [-0.39, 0.29) is 0 Å². The average Bonchev–Trinajstić information content (AvgIpc) is 2.27. The van der Waals surface area contributed by atoms with Crippen molar-refractivity contribution in [2.75, 3.05) is 14.2 Å². The number of pyridine rings is 1. The molecule has 0 atom stereocenters. The molecular formula is C11H10BrNO2. The normalized spacial score (nSPS) is 10.3. The van der Waals surface area contributed by atoms with E-state index in [0.29, 0.717) is 11.5 Å². The van der Waals surface area contributed by atoms with Crippen molar-refractivity contribution in [2.24, 2.45) is 0 Å². The molecule has 0 saturated carbocycles. The summed E-state index contributed by atoms with van der Waals surface area (Å²) in [6, 6.07) is 5.72. The summed E-state index contributed by atoms with van der Waals surface area (Å²) < 4.78 is 11.5. The maximum atomic E-state index is 5.32. The van der Waals surface area contributed by atoms with Gasteiger partial charge in [-0.25, -0.2) is 0 Å². The third-order valence-corrected chi connectivity index (χ3v) is 2.60. The van der Waals surface area contributed by atoms with Gasteiger partial charge in [0, 0.05) is 16.1 Å². The van der Waals surface area contributed by atoms with E-state index in [0.717, 1.165) is 15.4 Å². The summed E-state index contributed by atoms with van der Waals surface area (Å²) in [7, 11) is 3.24. The number of ether oxygens (including phenoxy) is 2. The van der Waals surface area contributed by atoms with Crippen LogP contribution < -0.4 is 9.47 Å². The first kappa shape index (κ1) is 10.2. The summed E-state index contributed by atoms with van der Waals surface area (Å²) in [6.45, 7) is 0.